The predicted octanol–water partition coefficient (Wildman–Crippen LogP) is 2.36. The minimum absolute atomic E-state index is 0.977. The molecule has 1 saturated carbocycles. The van der Waals surface area contributed by atoms with E-state index >= 15 is 0 Å². The Kier molecular flexibility index (Phi) is 1.18. The summed E-state index contributed by atoms with van der Waals surface area (Å²) in [6.07, 6.45) is 5.10. The van der Waals surface area contributed by atoms with Crippen LogP contribution in [0.4, 0.5) is 0 Å². The summed E-state index contributed by atoms with van der Waals surface area (Å²) < 4.78 is 0. The van der Waals surface area contributed by atoms with Crippen LogP contribution in [0.25, 0.3) is 0 Å². The van der Waals surface area contributed by atoms with Crippen LogP contribution in [0.1, 0.15) is 26.7 Å². The second-order valence-corrected chi connectivity index (χ2v) is 2.31. The fourth-order valence-electron chi connectivity index (χ4n) is 0.774. The standard InChI is InChI=1S/C7H12/c1-3-6(2)7-4-5-7/h3,7H,4-5H2,1-2H3/b6-3+. The first kappa shape index (κ1) is 4.89. The van der Waals surface area contributed by atoms with Gasteiger partial charge in [0.15, 0.2) is 0 Å². The lowest BCUT2D eigenvalue weighted by molar-refractivity contribution is 1.00. The average molecular weight is 96.2 g/mol. The van der Waals surface area contributed by atoms with E-state index in [2.05, 4.69) is 19.9 Å². The smallest absolute Gasteiger partial charge is 0.0206 e. The maximum atomic E-state index is 2.22. The van der Waals surface area contributed by atoms with Crippen LogP contribution in [0, 0.1) is 5.92 Å². The highest BCUT2D eigenvalue weighted by Crippen LogP contribution is 2.35. The zero-order valence-electron chi connectivity index (χ0n) is 5.07. The van der Waals surface area contributed by atoms with Gasteiger partial charge in [0.05, 0.1) is 0 Å². The Morgan fingerprint density at radius 2 is 2.14 bits per heavy atom. The molecule has 1 fully saturated rings. The highest BCUT2D eigenvalue weighted by Gasteiger charge is 2.21. The van der Waals surface area contributed by atoms with E-state index in [-0.39, 0.29) is 0 Å². The Balaban J connectivity index is 2.37. The molecule has 0 amide bonds. The van der Waals surface area contributed by atoms with Crippen molar-refractivity contribution in [2.45, 2.75) is 26.7 Å². The fraction of sp³-hybridized carbons (Fsp3) is 0.714. The van der Waals surface area contributed by atoms with Gasteiger partial charge in [-0.25, -0.2) is 0 Å². The van der Waals surface area contributed by atoms with Crippen molar-refractivity contribution in [3.63, 3.8) is 0 Å². The topological polar surface area (TPSA) is 0 Å². The van der Waals surface area contributed by atoms with E-state index in [4.69, 9.17) is 0 Å². The summed E-state index contributed by atoms with van der Waals surface area (Å²) in [6, 6.07) is 0. The molecule has 0 nitrogen and oxygen atoms in total. The van der Waals surface area contributed by atoms with Crippen LogP contribution < -0.4 is 0 Å². The molecule has 0 unspecified atom stereocenters. The molecule has 1 rings (SSSR count). The molecule has 40 valence electrons. The second kappa shape index (κ2) is 1.69. The number of rotatable bonds is 1. The third-order valence-corrected chi connectivity index (χ3v) is 1.68. The van der Waals surface area contributed by atoms with Crippen LogP contribution in [-0.4, -0.2) is 0 Å². The summed E-state index contributed by atoms with van der Waals surface area (Å²) in [4.78, 5) is 0. The lowest BCUT2D eigenvalue weighted by Gasteiger charge is -1.88. The lowest BCUT2D eigenvalue weighted by atomic mass is 10.2. The average Bonchev–Trinajstić information content (AvgIpc) is 2.44. The zero-order valence-corrected chi connectivity index (χ0v) is 5.07. The van der Waals surface area contributed by atoms with Crippen molar-refractivity contribution >= 4 is 0 Å². The molecular weight excluding hydrogens is 84.1 g/mol. The minimum atomic E-state index is 0.977. The van der Waals surface area contributed by atoms with Gasteiger partial charge in [-0.3, -0.25) is 0 Å². The minimum Gasteiger partial charge on any atom is -0.0885 e. The largest absolute Gasteiger partial charge is 0.0885 e. The van der Waals surface area contributed by atoms with E-state index in [1.807, 2.05) is 0 Å². The third-order valence-electron chi connectivity index (χ3n) is 1.68. The van der Waals surface area contributed by atoms with Gasteiger partial charge in [0.25, 0.3) is 0 Å². The first-order valence-corrected chi connectivity index (χ1v) is 2.97. The molecule has 0 aromatic heterocycles. The molecule has 0 aromatic carbocycles. The van der Waals surface area contributed by atoms with Crippen molar-refractivity contribution in [2.24, 2.45) is 5.92 Å². The molecule has 0 bridgehead atoms. The Morgan fingerprint density at radius 1 is 1.57 bits per heavy atom. The lowest BCUT2D eigenvalue weighted by Crippen LogP contribution is -1.72. The SMILES string of the molecule is C/C=C(\C)C1CC1. The van der Waals surface area contributed by atoms with Crippen molar-refractivity contribution in [2.75, 3.05) is 0 Å². The Hall–Kier alpha value is -0.260. The second-order valence-electron chi connectivity index (χ2n) is 2.31. The van der Waals surface area contributed by atoms with Crippen molar-refractivity contribution < 1.29 is 0 Å². The quantitative estimate of drug-likeness (QED) is 0.439. The predicted molar refractivity (Wildman–Crippen MR) is 32.2 cm³/mol. The summed E-state index contributed by atoms with van der Waals surface area (Å²) in [7, 11) is 0. The molecule has 0 aliphatic heterocycles. The first-order valence-electron chi connectivity index (χ1n) is 2.97. The summed E-state index contributed by atoms with van der Waals surface area (Å²) in [5, 5.41) is 0. The third kappa shape index (κ3) is 1.05. The highest BCUT2D eigenvalue weighted by atomic mass is 14.3. The molecule has 7 heavy (non-hydrogen) atoms. The Labute approximate surface area is 45.2 Å². The summed E-state index contributed by atoms with van der Waals surface area (Å²) in [5.74, 6) is 0.977. The summed E-state index contributed by atoms with van der Waals surface area (Å²) >= 11 is 0. The van der Waals surface area contributed by atoms with Gasteiger partial charge in [-0.1, -0.05) is 11.6 Å². The van der Waals surface area contributed by atoms with Crippen LogP contribution in [0.2, 0.25) is 0 Å². The number of hydrogen-bond acceptors (Lipinski definition) is 0. The van der Waals surface area contributed by atoms with Gasteiger partial charge in [-0.15, -0.1) is 0 Å². The van der Waals surface area contributed by atoms with E-state index in [1.54, 1.807) is 5.57 Å². The molecule has 1 aliphatic rings. The molecule has 0 heteroatoms. The Bertz CT molecular complexity index is 86.2. The number of hydrogen-bond donors (Lipinski definition) is 0. The molecule has 0 heterocycles. The molecule has 0 radical (unpaired) electrons. The van der Waals surface area contributed by atoms with E-state index in [9.17, 15) is 0 Å². The zero-order chi connectivity index (χ0) is 5.28. The summed E-state index contributed by atoms with van der Waals surface area (Å²) in [6.45, 7) is 4.34. The van der Waals surface area contributed by atoms with Gasteiger partial charge in [0, 0.05) is 0 Å². The van der Waals surface area contributed by atoms with E-state index in [0.717, 1.165) is 5.92 Å². The first-order chi connectivity index (χ1) is 3.34. The molecule has 0 saturated heterocycles. The van der Waals surface area contributed by atoms with Gasteiger partial charge in [0.2, 0.25) is 0 Å². The maximum Gasteiger partial charge on any atom is -0.0206 e. The van der Waals surface area contributed by atoms with Crippen molar-refractivity contribution in [1.29, 1.82) is 0 Å². The van der Waals surface area contributed by atoms with Crippen molar-refractivity contribution in [3.8, 4) is 0 Å². The van der Waals surface area contributed by atoms with Gasteiger partial charge < -0.3 is 0 Å². The van der Waals surface area contributed by atoms with Gasteiger partial charge in [-0.05, 0) is 32.6 Å². The molecule has 1 aliphatic carbocycles. The van der Waals surface area contributed by atoms with Gasteiger partial charge in [-0.2, -0.15) is 0 Å². The van der Waals surface area contributed by atoms with Crippen molar-refractivity contribution in [1.82, 2.24) is 0 Å². The monoisotopic (exact) mass is 96.1 g/mol. The molecule has 0 N–H and O–H groups in total. The van der Waals surface area contributed by atoms with Crippen LogP contribution >= 0.6 is 0 Å². The van der Waals surface area contributed by atoms with Crippen molar-refractivity contribution in [3.05, 3.63) is 11.6 Å². The van der Waals surface area contributed by atoms with E-state index < -0.39 is 0 Å². The molecular formula is C7H12. The fourth-order valence-corrected chi connectivity index (χ4v) is 0.774. The van der Waals surface area contributed by atoms with E-state index in [0.29, 0.717) is 0 Å². The van der Waals surface area contributed by atoms with Gasteiger partial charge >= 0.3 is 0 Å². The number of allylic oxidation sites excluding steroid dienone is 2. The Morgan fingerprint density at radius 3 is 2.29 bits per heavy atom. The highest BCUT2D eigenvalue weighted by molar-refractivity contribution is 5.07. The molecule has 0 aromatic rings. The van der Waals surface area contributed by atoms with Crippen LogP contribution in [0.15, 0.2) is 11.6 Å². The maximum absolute atomic E-state index is 2.22. The molecule has 0 atom stereocenters. The summed E-state index contributed by atoms with van der Waals surface area (Å²) in [5.41, 5.74) is 1.58. The van der Waals surface area contributed by atoms with Gasteiger partial charge in [0.1, 0.15) is 0 Å². The van der Waals surface area contributed by atoms with Crippen LogP contribution in [0.3, 0.4) is 0 Å². The van der Waals surface area contributed by atoms with Crippen LogP contribution in [-0.2, 0) is 0 Å². The van der Waals surface area contributed by atoms with Crippen LogP contribution in [0.5, 0.6) is 0 Å². The molecule has 0 spiro atoms. The van der Waals surface area contributed by atoms with E-state index in [1.165, 1.54) is 12.8 Å². The normalized spacial score (nSPS) is 22.9.